The number of amides is 1. The highest BCUT2D eigenvalue weighted by molar-refractivity contribution is 6.04. The molecular weight excluding hydrogens is 238 g/mol. The molecule has 0 spiro atoms. The van der Waals surface area contributed by atoms with Crippen LogP contribution in [0, 0.1) is 0 Å². The van der Waals surface area contributed by atoms with Gasteiger partial charge in [-0.25, -0.2) is 4.79 Å². The highest BCUT2D eigenvalue weighted by Gasteiger charge is 2.33. The van der Waals surface area contributed by atoms with Gasteiger partial charge < -0.3 is 24.6 Å². The Balaban J connectivity index is 2.34. The fourth-order valence-corrected chi connectivity index (χ4v) is 1.93. The van der Waals surface area contributed by atoms with Crippen molar-refractivity contribution in [3.63, 3.8) is 0 Å². The maximum absolute atomic E-state index is 11.8. The standard InChI is InChI=1S/C11H15N3O4/c1-13(2)4-7-10(15)12-8-6(18-7)5-14(3)9(8)11(16)17/h5,7H,4H2,1-3H3,(H,12,15)(H,16,17). The second-order valence-electron chi connectivity index (χ2n) is 4.49. The minimum atomic E-state index is -1.10. The number of nitrogens with one attached hydrogen (secondary N) is 1. The van der Waals surface area contributed by atoms with Crippen molar-refractivity contribution in [3.8, 4) is 5.75 Å². The number of aromatic nitrogens is 1. The molecule has 1 aromatic rings. The zero-order chi connectivity index (χ0) is 13.4. The molecule has 2 heterocycles. The summed E-state index contributed by atoms with van der Waals surface area (Å²) in [7, 11) is 5.26. The molecule has 0 aliphatic carbocycles. The first-order valence-electron chi connectivity index (χ1n) is 5.45. The molecule has 7 heteroatoms. The lowest BCUT2D eigenvalue weighted by atomic mass is 10.2. The van der Waals surface area contributed by atoms with Gasteiger partial charge in [-0.05, 0) is 14.1 Å². The topological polar surface area (TPSA) is 83.8 Å². The molecule has 7 nitrogen and oxygen atoms in total. The number of carboxylic acids is 1. The fraction of sp³-hybridized carbons (Fsp3) is 0.455. The molecule has 1 atom stereocenters. The first kappa shape index (κ1) is 12.4. The summed E-state index contributed by atoms with van der Waals surface area (Å²) in [4.78, 5) is 24.7. The van der Waals surface area contributed by atoms with E-state index in [0.29, 0.717) is 12.3 Å². The molecule has 0 saturated carbocycles. The van der Waals surface area contributed by atoms with E-state index in [9.17, 15) is 9.59 Å². The summed E-state index contributed by atoms with van der Waals surface area (Å²) in [6.07, 6.45) is 0.928. The van der Waals surface area contributed by atoms with Crippen LogP contribution >= 0.6 is 0 Å². The van der Waals surface area contributed by atoms with Crippen LogP contribution in [-0.4, -0.2) is 53.2 Å². The summed E-state index contributed by atoms with van der Waals surface area (Å²) in [5.74, 6) is -1.04. The Morgan fingerprint density at radius 2 is 2.28 bits per heavy atom. The normalized spacial score (nSPS) is 18.2. The molecule has 1 unspecified atom stereocenters. The lowest BCUT2D eigenvalue weighted by molar-refractivity contribution is -0.124. The highest BCUT2D eigenvalue weighted by Crippen LogP contribution is 2.34. The quantitative estimate of drug-likeness (QED) is 0.791. The lowest BCUT2D eigenvalue weighted by Gasteiger charge is -2.25. The van der Waals surface area contributed by atoms with Crippen LogP contribution in [0.25, 0.3) is 0 Å². The van der Waals surface area contributed by atoms with Crippen molar-refractivity contribution in [2.75, 3.05) is 26.0 Å². The molecule has 1 aliphatic heterocycles. The molecule has 1 aliphatic rings. The third-order valence-corrected chi connectivity index (χ3v) is 2.69. The predicted molar refractivity (Wildman–Crippen MR) is 64.0 cm³/mol. The van der Waals surface area contributed by atoms with Gasteiger partial charge in [0, 0.05) is 19.8 Å². The van der Waals surface area contributed by atoms with E-state index in [2.05, 4.69) is 5.32 Å². The Morgan fingerprint density at radius 3 is 2.83 bits per heavy atom. The van der Waals surface area contributed by atoms with Crippen molar-refractivity contribution in [1.29, 1.82) is 0 Å². The SMILES string of the molecule is CN(C)CC1Oc2cn(C)c(C(=O)O)c2NC1=O. The number of anilines is 1. The van der Waals surface area contributed by atoms with Crippen LogP contribution in [0.15, 0.2) is 6.20 Å². The Labute approximate surface area is 104 Å². The number of aryl methyl sites for hydroxylation is 1. The number of hydrogen-bond donors (Lipinski definition) is 2. The molecule has 98 valence electrons. The number of nitrogens with zero attached hydrogens (tertiary/aromatic N) is 2. The van der Waals surface area contributed by atoms with E-state index in [1.807, 2.05) is 19.0 Å². The molecule has 0 aromatic carbocycles. The molecule has 0 fully saturated rings. The fourth-order valence-electron chi connectivity index (χ4n) is 1.93. The van der Waals surface area contributed by atoms with Crippen LogP contribution < -0.4 is 10.1 Å². The summed E-state index contributed by atoms with van der Waals surface area (Å²) in [5, 5.41) is 11.7. The van der Waals surface area contributed by atoms with Gasteiger partial charge in [-0.3, -0.25) is 4.79 Å². The Hall–Kier alpha value is -2.02. The van der Waals surface area contributed by atoms with Crippen molar-refractivity contribution in [2.24, 2.45) is 7.05 Å². The van der Waals surface area contributed by atoms with Crippen LogP contribution in [0.5, 0.6) is 5.75 Å². The van der Waals surface area contributed by atoms with Gasteiger partial charge in [0.15, 0.2) is 17.5 Å². The Kier molecular flexibility index (Phi) is 3.00. The molecular formula is C11H15N3O4. The molecule has 18 heavy (non-hydrogen) atoms. The average molecular weight is 253 g/mol. The molecule has 0 radical (unpaired) electrons. The Bertz CT molecular complexity index is 507. The van der Waals surface area contributed by atoms with Crippen molar-refractivity contribution in [1.82, 2.24) is 9.47 Å². The first-order valence-corrected chi connectivity index (χ1v) is 5.45. The average Bonchev–Trinajstić information content (AvgIpc) is 2.53. The van der Waals surface area contributed by atoms with Gasteiger partial charge in [-0.2, -0.15) is 0 Å². The van der Waals surface area contributed by atoms with Crippen molar-refractivity contribution < 1.29 is 19.4 Å². The maximum Gasteiger partial charge on any atom is 0.354 e. The smallest absolute Gasteiger partial charge is 0.354 e. The Morgan fingerprint density at radius 1 is 1.61 bits per heavy atom. The van der Waals surface area contributed by atoms with Crippen LogP contribution in [0.3, 0.4) is 0 Å². The maximum atomic E-state index is 11.8. The van der Waals surface area contributed by atoms with Gasteiger partial charge in [-0.15, -0.1) is 0 Å². The molecule has 0 bridgehead atoms. The van der Waals surface area contributed by atoms with Crippen LogP contribution in [0.4, 0.5) is 5.69 Å². The minimum absolute atomic E-state index is 0.0154. The third kappa shape index (κ3) is 2.04. The van der Waals surface area contributed by atoms with Crippen LogP contribution in [0.1, 0.15) is 10.5 Å². The molecule has 1 aromatic heterocycles. The first-order chi connectivity index (χ1) is 8.40. The van der Waals surface area contributed by atoms with E-state index in [0.717, 1.165) is 0 Å². The summed E-state index contributed by atoms with van der Waals surface area (Å²) in [6.45, 7) is 0.433. The van der Waals surface area contributed by atoms with E-state index >= 15 is 0 Å². The van der Waals surface area contributed by atoms with Gasteiger partial charge in [0.2, 0.25) is 0 Å². The minimum Gasteiger partial charge on any atom is -0.477 e. The zero-order valence-electron chi connectivity index (χ0n) is 10.4. The van der Waals surface area contributed by atoms with Gasteiger partial charge in [0.05, 0.1) is 0 Å². The van der Waals surface area contributed by atoms with Crippen molar-refractivity contribution in [3.05, 3.63) is 11.9 Å². The summed E-state index contributed by atoms with van der Waals surface area (Å²) in [5.41, 5.74) is 0.242. The lowest BCUT2D eigenvalue weighted by Crippen LogP contribution is -2.43. The second kappa shape index (κ2) is 4.34. The van der Waals surface area contributed by atoms with Crippen molar-refractivity contribution >= 4 is 17.6 Å². The van der Waals surface area contributed by atoms with Gasteiger partial charge in [0.1, 0.15) is 5.69 Å². The van der Waals surface area contributed by atoms with Gasteiger partial charge in [0.25, 0.3) is 5.91 Å². The van der Waals surface area contributed by atoms with Crippen LogP contribution in [-0.2, 0) is 11.8 Å². The van der Waals surface area contributed by atoms with E-state index in [1.54, 1.807) is 13.2 Å². The molecule has 2 N–H and O–H groups in total. The largest absolute Gasteiger partial charge is 0.477 e. The number of hydrogen-bond acceptors (Lipinski definition) is 4. The number of likely N-dealkylation sites (N-methyl/N-ethyl adjacent to an activating group) is 1. The second-order valence-corrected chi connectivity index (χ2v) is 4.49. The summed E-state index contributed by atoms with van der Waals surface area (Å²) < 4.78 is 6.95. The molecule has 0 saturated heterocycles. The van der Waals surface area contributed by atoms with E-state index in [4.69, 9.17) is 9.84 Å². The third-order valence-electron chi connectivity index (χ3n) is 2.69. The van der Waals surface area contributed by atoms with E-state index in [1.165, 1.54) is 4.57 Å². The predicted octanol–water partition coefficient (Wildman–Crippen LogP) is -0.0156. The van der Waals surface area contributed by atoms with Gasteiger partial charge >= 0.3 is 5.97 Å². The number of aromatic carboxylic acids is 1. The number of rotatable bonds is 3. The molecule has 2 rings (SSSR count). The monoisotopic (exact) mass is 253 g/mol. The van der Waals surface area contributed by atoms with Gasteiger partial charge in [-0.1, -0.05) is 0 Å². The number of carbonyl (C=O) groups excluding carboxylic acids is 1. The van der Waals surface area contributed by atoms with E-state index < -0.39 is 12.1 Å². The zero-order valence-corrected chi connectivity index (χ0v) is 10.4. The molecule has 1 amide bonds. The number of carbonyl (C=O) groups is 2. The number of fused-ring (bicyclic) bond motifs is 1. The summed E-state index contributed by atoms with van der Waals surface area (Å²) in [6, 6.07) is 0. The van der Waals surface area contributed by atoms with Crippen LogP contribution in [0.2, 0.25) is 0 Å². The summed E-state index contributed by atoms with van der Waals surface area (Å²) >= 11 is 0. The van der Waals surface area contributed by atoms with E-state index in [-0.39, 0.29) is 17.3 Å². The highest BCUT2D eigenvalue weighted by atomic mass is 16.5. The number of ether oxygens (including phenoxy) is 1. The van der Waals surface area contributed by atoms with Crippen molar-refractivity contribution in [2.45, 2.75) is 6.10 Å². The number of carboxylic acid groups (broad SMARTS) is 1.